The van der Waals surface area contributed by atoms with Gasteiger partial charge in [0.15, 0.2) is 4.34 Å². The van der Waals surface area contributed by atoms with E-state index in [0.717, 1.165) is 36.1 Å². The van der Waals surface area contributed by atoms with Gasteiger partial charge in [-0.25, -0.2) is 4.98 Å². The zero-order chi connectivity index (χ0) is 19.7. The molecule has 4 rings (SSSR count). The molecule has 0 atom stereocenters. The number of anilines is 2. The van der Waals surface area contributed by atoms with Gasteiger partial charge in [-0.3, -0.25) is 14.5 Å². The Morgan fingerprint density at radius 2 is 1.68 bits per heavy atom. The number of aryl methyl sites for hydroxylation is 1. The van der Waals surface area contributed by atoms with Crippen LogP contribution in [0.15, 0.2) is 62.7 Å². The summed E-state index contributed by atoms with van der Waals surface area (Å²) in [6.07, 6.45) is 0.183. The summed E-state index contributed by atoms with van der Waals surface area (Å²) in [5.41, 5.74) is 7.89. The third-order valence-corrected chi connectivity index (χ3v) is 7.62. The summed E-state index contributed by atoms with van der Waals surface area (Å²) in [6.45, 7) is 1.86. The highest BCUT2D eigenvalue weighted by atomic mass is 32.2. The maximum atomic E-state index is 13.2. The van der Waals surface area contributed by atoms with E-state index < -0.39 is 0 Å². The van der Waals surface area contributed by atoms with Crippen molar-refractivity contribution in [2.45, 2.75) is 27.5 Å². The lowest BCUT2D eigenvalue weighted by Crippen LogP contribution is -2.29. The molecule has 1 aliphatic heterocycles. The van der Waals surface area contributed by atoms with Crippen LogP contribution in [-0.2, 0) is 16.0 Å². The summed E-state index contributed by atoms with van der Waals surface area (Å²) in [6, 6.07) is 15.9. The van der Waals surface area contributed by atoms with Gasteiger partial charge in [0, 0.05) is 14.7 Å². The van der Waals surface area contributed by atoms with Crippen molar-refractivity contribution in [3.63, 3.8) is 0 Å². The molecule has 0 radical (unpaired) electrons. The number of fused-ring (bicyclic) bond motifs is 2. The number of thioether (sulfide) groups is 1. The van der Waals surface area contributed by atoms with Gasteiger partial charge in [0.1, 0.15) is 0 Å². The Labute approximate surface area is 175 Å². The summed E-state index contributed by atoms with van der Waals surface area (Å²) in [7, 11) is 0. The fraction of sp³-hybridized carbons (Fsp3) is 0.150. The number of hydrogen-bond donors (Lipinski definition) is 1. The van der Waals surface area contributed by atoms with E-state index in [1.54, 1.807) is 16.7 Å². The second-order valence-corrected chi connectivity index (χ2v) is 9.58. The van der Waals surface area contributed by atoms with Crippen LogP contribution in [0.4, 0.5) is 11.4 Å². The van der Waals surface area contributed by atoms with Crippen molar-refractivity contribution in [2.24, 2.45) is 5.73 Å². The number of amides is 2. The average molecular weight is 428 g/mol. The lowest BCUT2D eigenvalue weighted by atomic mass is 10.2. The predicted molar refractivity (Wildman–Crippen MR) is 115 cm³/mol. The van der Waals surface area contributed by atoms with Crippen molar-refractivity contribution in [2.75, 3.05) is 10.7 Å². The number of nitrogens with two attached hydrogens (primary N) is 1. The van der Waals surface area contributed by atoms with Crippen LogP contribution in [0.5, 0.6) is 0 Å². The third-order valence-electron chi connectivity index (χ3n) is 4.21. The molecule has 5 nitrogen and oxygen atoms in total. The first-order valence-corrected chi connectivity index (χ1v) is 11.2. The molecular formula is C20H17N3O2S3. The molecule has 0 spiro atoms. The van der Waals surface area contributed by atoms with E-state index in [0.29, 0.717) is 0 Å². The van der Waals surface area contributed by atoms with Crippen LogP contribution in [0.2, 0.25) is 0 Å². The second-order valence-electron chi connectivity index (χ2n) is 6.19. The molecule has 0 fully saturated rings. The molecular weight excluding hydrogens is 410 g/mol. The van der Waals surface area contributed by atoms with Crippen LogP contribution in [0.1, 0.15) is 10.6 Å². The van der Waals surface area contributed by atoms with Gasteiger partial charge >= 0.3 is 0 Å². The molecule has 2 aromatic carbocycles. The molecule has 0 aliphatic carbocycles. The molecule has 1 aromatic heterocycles. The van der Waals surface area contributed by atoms with Crippen LogP contribution in [0, 0.1) is 6.92 Å². The number of nitrogens with zero attached hydrogens (tertiary/aromatic N) is 2. The molecule has 0 saturated heterocycles. The Hall–Kier alpha value is -2.29. The molecule has 8 heteroatoms. The minimum absolute atomic E-state index is 0.00509. The maximum Gasteiger partial charge on any atom is 0.242 e. The van der Waals surface area contributed by atoms with Gasteiger partial charge in [0.2, 0.25) is 11.8 Å². The third kappa shape index (κ3) is 3.80. The normalized spacial score (nSPS) is 12.4. The molecule has 3 aromatic rings. The zero-order valence-electron chi connectivity index (χ0n) is 15.0. The quantitative estimate of drug-likeness (QED) is 0.611. The number of aromatic nitrogens is 1. The van der Waals surface area contributed by atoms with E-state index in [9.17, 15) is 9.59 Å². The summed E-state index contributed by atoms with van der Waals surface area (Å²) in [5.74, 6) is -0.121. The van der Waals surface area contributed by atoms with Gasteiger partial charge in [0.25, 0.3) is 0 Å². The monoisotopic (exact) mass is 427 g/mol. The minimum atomic E-state index is -0.376. The Kier molecular flexibility index (Phi) is 5.43. The fourth-order valence-corrected chi connectivity index (χ4v) is 6.10. The molecule has 28 heavy (non-hydrogen) atoms. The van der Waals surface area contributed by atoms with E-state index in [1.165, 1.54) is 23.1 Å². The standard InChI is InChI=1S/C20H17N3O2S3/c1-12-17(10-18(21)24)28-20(22-12)26-11-19(25)23-13-6-2-4-8-15(13)27-16-9-5-3-7-14(16)23/h2-9H,10-11H2,1H3,(H2,21,24). The zero-order valence-corrected chi connectivity index (χ0v) is 17.5. The van der Waals surface area contributed by atoms with Crippen molar-refractivity contribution in [3.05, 3.63) is 59.1 Å². The number of hydrogen-bond acceptors (Lipinski definition) is 6. The number of carbonyl (C=O) groups excluding carboxylic acids is 2. The van der Waals surface area contributed by atoms with Gasteiger partial charge < -0.3 is 5.73 Å². The highest BCUT2D eigenvalue weighted by molar-refractivity contribution is 8.01. The van der Waals surface area contributed by atoms with Gasteiger partial charge in [-0.05, 0) is 31.2 Å². The first-order chi connectivity index (χ1) is 13.5. The van der Waals surface area contributed by atoms with Crippen molar-refractivity contribution in [1.29, 1.82) is 0 Å². The van der Waals surface area contributed by atoms with Gasteiger partial charge in [0.05, 0.1) is 29.2 Å². The van der Waals surface area contributed by atoms with Crippen LogP contribution in [-0.4, -0.2) is 22.6 Å². The molecule has 2 N–H and O–H groups in total. The average Bonchev–Trinajstić information content (AvgIpc) is 3.03. The van der Waals surface area contributed by atoms with Gasteiger partial charge in [-0.15, -0.1) is 11.3 Å². The Balaban J connectivity index is 1.56. The first kappa shape index (κ1) is 19.0. The summed E-state index contributed by atoms with van der Waals surface area (Å²) in [5, 5.41) is 0. The molecule has 0 bridgehead atoms. The van der Waals surface area contributed by atoms with Gasteiger partial charge in [-0.1, -0.05) is 47.8 Å². The van der Waals surface area contributed by atoms with E-state index in [4.69, 9.17) is 5.73 Å². The first-order valence-electron chi connectivity index (χ1n) is 8.59. The van der Waals surface area contributed by atoms with Gasteiger partial charge in [-0.2, -0.15) is 0 Å². The number of primary amides is 1. The minimum Gasteiger partial charge on any atom is -0.369 e. The fourth-order valence-electron chi connectivity index (χ4n) is 2.95. The molecule has 142 valence electrons. The van der Waals surface area contributed by atoms with Crippen molar-refractivity contribution < 1.29 is 9.59 Å². The Morgan fingerprint density at radius 3 is 2.29 bits per heavy atom. The van der Waals surface area contributed by atoms with Crippen LogP contribution in [0.3, 0.4) is 0 Å². The largest absolute Gasteiger partial charge is 0.369 e. The van der Waals surface area contributed by atoms with E-state index in [-0.39, 0.29) is 24.0 Å². The lowest BCUT2D eigenvalue weighted by molar-refractivity contribution is -0.117. The molecule has 0 unspecified atom stereocenters. The Morgan fingerprint density at radius 1 is 1.07 bits per heavy atom. The number of rotatable bonds is 5. The summed E-state index contributed by atoms with van der Waals surface area (Å²) < 4.78 is 0.773. The maximum absolute atomic E-state index is 13.2. The molecule has 1 aliphatic rings. The van der Waals surface area contributed by atoms with Crippen LogP contribution in [0.25, 0.3) is 0 Å². The van der Waals surface area contributed by atoms with Crippen molar-refractivity contribution in [3.8, 4) is 0 Å². The molecule has 2 amide bonds. The Bertz CT molecular complexity index is 1020. The van der Waals surface area contributed by atoms with E-state index in [2.05, 4.69) is 4.98 Å². The topological polar surface area (TPSA) is 76.3 Å². The highest BCUT2D eigenvalue weighted by Gasteiger charge is 2.28. The lowest BCUT2D eigenvalue weighted by Gasteiger charge is -2.30. The van der Waals surface area contributed by atoms with Crippen LogP contribution < -0.4 is 10.6 Å². The number of carbonyl (C=O) groups is 2. The number of thiazole rings is 1. The van der Waals surface area contributed by atoms with Crippen LogP contribution >= 0.6 is 34.9 Å². The highest BCUT2D eigenvalue weighted by Crippen LogP contribution is 2.48. The number of para-hydroxylation sites is 2. The van der Waals surface area contributed by atoms with E-state index in [1.807, 2.05) is 55.5 Å². The second kappa shape index (κ2) is 7.98. The smallest absolute Gasteiger partial charge is 0.242 e. The van der Waals surface area contributed by atoms with E-state index >= 15 is 0 Å². The SMILES string of the molecule is Cc1nc(SCC(=O)N2c3ccccc3Sc3ccccc32)sc1CC(N)=O. The predicted octanol–water partition coefficient (Wildman–Crippen LogP) is 4.40. The summed E-state index contributed by atoms with van der Waals surface area (Å²) in [4.78, 5) is 33.6. The van der Waals surface area contributed by atoms with Crippen molar-refractivity contribution >= 4 is 58.0 Å². The number of benzene rings is 2. The molecule has 0 saturated carbocycles. The van der Waals surface area contributed by atoms with Crippen molar-refractivity contribution in [1.82, 2.24) is 4.98 Å². The molecule has 2 heterocycles. The summed E-state index contributed by atoms with van der Waals surface area (Å²) >= 11 is 4.49.